The van der Waals surface area contributed by atoms with E-state index in [0.29, 0.717) is 12.2 Å². The minimum atomic E-state index is -0.188. The van der Waals surface area contributed by atoms with Gasteiger partial charge in [0, 0.05) is 18.1 Å². The highest BCUT2D eigenvalue weighted by molar-refractivity contribution is 7.13. The molecule has 0 aliphatic heterocycles. The fourth-order valence-electron chi connectivity index (χ4n) is 2.67. The van der Waals surface area contributed by atoms with Gasteiger partial charge in [0.05, 0.1) is 16.1 Å². The van der Waals surface area contributed by atoms with Gasteiger partial charge in [-0.2, -0.15) is 0 Å². The van der Waals surface area contributed by atoms with E-state index in [4.69, 9.17) is 0 Å². The first-order valence-electron chi connectivity index (χ1n) is 7.93. The number of carbonyl (C=O) groups is 1. The van der Waals surface area contributed by atoms with E-state index in [-0.39, 0.29) is 5.91 Å². The van der Waals surface area contributed by atoms with Crippen molar-refractivity contribution in [3.05, 3.63) is 83.5 Å². The Morgan fingerprint density at radius 2 is 1.92 bits per heavy atom. The monoisotopic (exact) mass is 345 g/mol. The van der Waals surface area contributed by atoms with Gasteiger partial charge in [-0.05, 0) is 35.2 Å². The third-order valence-electron chi connectivity index (χ3n) is 3.92. The summed E-state index contributed by atoms with van der Waals surface area (Å²) in [6.45, 7) is 0.411. The van der Waals surface area contributed by atoms with Crippen LogP contribution in [0.25, 0.3) is 21.5 Å². The van der Waals surface area contributed by atoms with E-state index in [1.54, 1.807) is 23.6 Å². The molecule has 0 atom stereocenters. The Morgan fingerprint density at radius 1 is 1.00 bits per heavy atom. The van der Waals surface area contributed by atoms with Crippen molar-refractivity contribution in [2.75, 3.05) is 0 Å². The van der Waals surface area contributed by atoms with Crippen LogP contribution in [-0.4, -0.2) is 15.9 Å². The maximum absolute atomic E-state index is 12.5. The van der Waals surface area contributed by atoms with Crippen LogP contribution in [0.2, 0.25) is 0 Å². The number of nitrogens with one attached hydrogen (secondary N) is 1. The van der Waals surface area contributed by atoms with E-state index in [2.05, 4.69) is 15.3 Å². The van der Waals surface area contributed by atoms with Gasteiger partial charge in [0.1, 0.15) is 5.69 Å². The van der Waals surface area contributed by atoms with Crippen LogP contribution in [0, 0.1) is 0 Å². The molecule has 3 heterocycles. The van der Waals surface area contributed by atoms with Crippen LogP contribution in [0.1, 0.15) is 16.1 Å². The fraction of sp³-hybridized carbons (Fsp3) is 0.0500. The average Bonchev–Trinajstić information content (AvgIpc) is 3.20. The van der Waals surface area contributed by atoms with Gasteiger partial charge in [0.25, 0.3) is 5.91 Å². The van der Waals surface area contributed by atoms with Crippen LogP contribution in [0.4, 0.5) is 0 Å². The lowest BCUT2D eigenvalue weighted by molar-refractivity contribution is 0.0946. The van der Waals surface area contributed by atoms with Crippen molar-refractivity contribution < 1.29 is 4.79 Å². The molecule has 0 bridgehead atoms. The molecule has 0 aliphatic rings. The van der Waals surface area contributed by atoms with Crippen molar-refractivity contribution >= 4 is 28.1 Å². The van der Waals surface area contributed by atoms with Gasteiger partial charge in [0.2, 0.25) is 0 Å². The molecule has 0 saturated heterocycles. The van der Waals surface area contributed by atoms with E-state index in [9.17, 15) is 4.79 Å². The Balaban J connectivity index is 1.54. The van der Waals surface area contributed by atoms with Crippen LogP contribution >= 0.6 is 11.3 Å². The summed E-state index contributed by atoms with van der Waals surface area (Å²) in [4.78, 5) is 22.4. The van der Waals surface area contributed by atoms with Gasteiger partial charge in [-0.15, -0.1) is 11.3 Å². The Kier molecular flexibility index (Phi) is 4.23. The Labute approximate surface area is 149 Å². The van der Waals surface area contributed by atoms with Crippen LogP contribution in [0.15, 0.2) is 72.2 Å². The Morgan fingerprint density at radius 3 is 2.80 bits per heavy atom. The number of hydrogen-bond acceptors (Lipinski definition) is 4. The molecule has 4 aromatic rings. The molecule has 5 heteroatoms. The van der Waals surface area contributed by atoms with Crippen LogP contribution in [0.5, 0.6) is 0 Å². The van der Waals surface area contributed by atoms with Gasteiger partial charge in [0.15, 0.2) is 0 Å². The van der Waals surface area contributed by atoms with Crippen LogP contribution in [0.3, 0.4) is 0 Å². The number of aromatic nitrogens is 2. The number of carbonyl (C=O) groups excluding carboxylic acids is 1. The zero-order valence-corrected chi connectivity index (χ0v) is 14.2. The van der Waals surface area contributed by atoms with E-state index in [1.165, 1.54) is 0 Å². The standard InChI is InChI=1S/C20H15N3OS/c24-20(17-10-9-14-5-1-2-7-16(14)23-17)22-13-15-6-3-11-21-19(15)18-8-4-12-25-18/h1-12H,13H2,(H,22,24). The third kappa shape index (κ3) is 3.27. The average molecular weight is 345 g/mol. The van der Waals surface area contributed by atoms with E-state index in [1.807, 2.05) is 60.0 Å². The molecule has 0 saturated carbocycles. The number of fused-ring (bicyclic) bond motifs is 1. The van der Waals surface area contributed by atoms with Crippen molar-refractivity contribution in [2.24, 2.45) is 0 Å². The second-order valence-corrected chi connectivity index (χ2v) is 6.51. The van der Waals surface area contributed by atoms with Crippen molar-refractivity contribution in [3.63, 3.8) is 0 Å². The molecule has 0 spiro atoms. The molecule has 0 radical (unpaired) electrons. The summed E-state index contributed by atoms with van der Waals surface area (Å²) < 4.78 is 0. The van der Waals surface area contributed by atoms with Gasteiger partial charge < -0.3 is 5.32 Å². The number of thiophene rings is 1. The molecule has 1 N–H and O–H groups in total. The topological polar surface area (TPSA) is 54.9 Å². The first kappa shape index (κ1) is 15.5. The first-order chi connectivity index (χ1) is 12.3. The van der Waals surface area contributed by atoms with Crippen molar-refractivity contribution in [2.45, 2.75) is 6.54 Å². The lowest BCUT2D eigenvalue weighted by atomic mass is 10.1. The van der Waals surface area contributed by atoms with Gasteiger partial charge in [-0.25, -0.2) is 4.98 Å². The third-order valence-corrected chi connectivity index (χ3v) is 4.79. The van der Waals surface area contributed by atoms with Crippen molar-refractivity contribution in [1.82, 2.24) is 15.3 Å². The Hall–Kier alpha value is -3.05. The minimum Gasteiger partial charge on any atom is -0.347 e. The minimum absolute atomic E-state index is 0.188. The van der Waals surface area contributed by atoms with Crippen LogP contribution < -0.4 is 5.32 Å². The lowest BCUT2D eigenvalue weighted by Crippen LogP contribution is -2.24. The molecule has 1 aromatic carbocycles. The lowest BCUT2D eigenvalue weighted by Gasteiger charge is -2.09. The largest absolute Gasteiger partial charge is 0.347 e. The summed E-state index contributed by atoms with van der Waals surface area (Å²) in [7, 11) is 0. The summed E-state index contributed by atoms with van der Waals surface area (Å²) >= 11 is 1.63. The molecule has 3 aromatic heterocycles. The summed E-state index contributed by atoms with van der Waals surface area (Å²) in [5, 5.41) is 5.98. The molecule has 0 unspecified atom stereocenters. The van der Waals surface area contributed by atoms with Gasteiger partial charge in [-0.3, -0.25) is 9.78 Å². The fourth-order valence-corrected chi connectivity index (χ4v) is 3.43. The van der Waals surface area contributed by atoms with Crippen molar-refractivity contribution in [1.29, 1.82) is 0 Å². The highest BCUT2D eigenvalue weighted by atomic mass is 32.1. The normalized spacial score (nSPS) is 10.7. The number of hydrogen-bond donors (Lipinski definition) is 1. The second-order valence-electron chi connectivity index (χ2n) is 5.56. The molecule has 25 heavy (non-hydrogen) atoms. The maximum atomic E-state index is 12.5. The molecule has 122 valence electrons. The molecular weight excluding hydrogens is 330 g/mol. The van der Waals surface area contributed by atoms with Crippen LogP contribution in [-0.2, 0) is 6.54 Å². The summed E-state index contributed by atoms with van der Waals surface area (Å²) in [5.74, 6) is -0.188. The zero-order valence-electron chi connectivity index (χ0n) is 13.3. The summed E-state index contributed by atoms with van der Waals surface area (Å²) in [6, 6.07) is 19.3. The molecule has 0 fully saturated rings. The zero-order chi connectivity index (χ0) is 17.1. The van der Waals surface area contributed by atoms with E-state index < -0.39 is 0 Å². The van der Waals surface area contributed by atoms with Crippen molar-refractivity contribution in [3.8, 4) is 10.6 Å². The Bertz CT molecular complexity index is 1030. The van der Waals surface area contributed by atoms with Gasteiger partial charge >= 0.3 is 0 Å². The number of nitrogens with zero attached hydrogens (tertiary/aromatic N) is 2. The predicted octanol–water partition coefficient (Wildman–Crippen LogP) is 4.29. The summed E-state index contributed by atoms with van der Waals surface area (Å²) in [6.07, 6.45) is 1.77. The first-order valence-corrected chi connectivity index (χ1v) is 8.81. The highest BCUT2D eigenvalue weighted by Gasteiger charge is 2.11. The maximum Gasteiger partial charge on any atom is 0.270 e. The summed E-state index contributed by atoms with van der Waals surface area (Å²) in [5.41, 5.74) is 3.12. The number of amides is 1. The molecule has 4 nitrogen and oxygen atoms in total. The van der Waals surface area contributed by atoms with E-state index in [0.717, 1.165) is 27.0 Å². The predicted molar refractivity (Wildman–Crippen MR) is 100 cm³/mol. The number of benzene rings is 1. The quantitative estimate of drug-likeness (QED) is 0.600. The SMILES string of the molecule is O=C(NCc1cccnc1-c1cccs1)c1ccc2ccccc2n1. The molecular formula is C20H15N3OS. The molecule has 4 rings (SSSR count). The molecule has 1 amide bonds. The smallest absolute Gasteiger partial charge is 0.270 e. The van der Waals surface area contributed by atoms with E-state index >= 15 is 0 Å². The van der Waals surface area contributed by atoms with Gasteiger partial charge in [-0.1, -0.05) is 36.4 Å². The number of para-hydroxylation sites is 1. The number of rotatable bonds is 4. The highest BCUT2D eigenvalue weighted by Crippen LogP contribution is 2.25. The second kappa shape index (κ2) is 6.83. The molecule has 0 aliphatic carbocycles. The number of pyridine rings is 2.